The van der Waals surface area contributed by atoms with Crippen molar-refractivity contribution in [2.45, 2.75) is 19.2 Å². The van der Waals surface area contributed by atoms with Gasteiger partial charge in [-0.15, -0.1) is 0 Å². The molecule has 0 fully saturated rings. The third kappa shape index (κ3) is 3.58. The molecule has 0 atom stereocenters. The van der Waals surface area contributed by atoms with Crippen LogP contribution in [-0.2, 0) is 22.3 Å². The van der Waals surface area contributed by atoms with E-state index in [0.29, 0.717) is 12.1 Å². The summed E-state index contributed by atoms with van der Waals surface area (Å²) >= 11 is 0. The van der Waals surface area contributed by atoms with Crippen molar-refractivity contribution in [1.29, 1.82) is 5.26 Å². The molecule has 110 valence electrons. The Bertz CT molecular complexity index is 793. The van der Waals surface area contributed by atoms with Crippen molar-refractivity contribution in [3.8, 4) is 6.07 Å². The molecular formula is C13H13FN4O2S. The van der Waals surface area contributed by atoms with Gasteiger partial charge in [-0.05, 0) is 24.6 Å². The summed E-state index contributed by atoms with van der Waals surface area (Å²) in [6, 6.07) is 7.23. The van der Waals surface area contributed by atoms with Gasteiger partial charge in [0.25, 0.3) is 0 Å². The first-order valence-corrected chi connectivity index (χ1v) is 7.81. The molecule has 8 heteroatoms. The highest BCUT2D eigenvalue weighted by Gasteiger charge is 2.18. The summed E-state index contributed by atoms with van der Waals surface area (Å²) in [5.41, 5.74) is 0.461. The third-order valence-corrected chi connectivity index (χ3v) is 3.98. The number of hydrogen-bond acceptors (Lipinski definition) is 4. The zero-order valence-corrected chi connectivity index (χ0v) is 12.1. The topological polar surface area (TPSA) is 87.8 Å². The molecule has 1 N–H and O–H groups in total. The Morgan fingerprint density at radius 3 is 2.86 bits per heavy atom. The fourth-order valence-electron chi connectivity index (χ4n) is 1.84. The molecule has 1 aromatic heterocycles. The van der Waals surface area contributed by atoms with Crippen LogP contribution >= 0.6 is 0 Å². The van der Waals surface area contributed by atoms with Crippen molar-refractivity contribution >= 4 is 15.8 Å². The maximum atomic E-state index is 13.1. The number of halogens is 1. The van der Waals surface area contributed by atoms with Gasteiger partial charge in [0, 0.05) is 6.54 Å². The fourth-order valence-corrected chi connectivity index (χ4v) is 3.04. The number of sulfonamides is 1. The minimum atomic E-state index is -3.77. The van der Waals surface area contributed by atoms with Crippen LogP contribution in [0.25, 0.3) is 0 Å². The molecule has 1 heterocycles. The van der Waals surface area contributed by atoms with E-state index in [9.17, 15) is 12.8 Å². The Morgan fingerprint density at radius 1 is 1.48 bits per heavy atom. The average molecular weight is 308 g/mol. The second kappa shape index (κ2) is 5.93. The van der Waals surface area contributed by atoms with E-state index in [1.807, 2.05) is 6.07 Å². The zero-order chi connectivity index (χ0) is 15.5. The lowest BCUT2D eigenvalue weighted by Gasteiger charge is -2.10. The van der Waals surface area contributed by atoms with Crippen molar-refractivity contribution < 1.29 is 12.8 Å². The van der Waals surface area contributed by atoms with Crippen molar-refractivity contribution in [3.05, 3.63) is 47.4 Å². The maximum absolute atomic E-state index is 13.1. The minimum absolute atomic E-state index is 0.122. The van der Waals surface area contributed by atoms with E-state index in [4.69, 9.17) is 5.26 Å². The molecule has 2 rings (SSSR count). The molecule has 0 aliphatic carbocycles. The van der Waals surface area contributed by atoms with Gasteiger partial charge in [0.1, 0.15) is 17.4 Å². The van der Waals surface area contributed by atoms with Crippen LogP contribution in [0.15, 0.2) is 30.5 Å². The first kappa shape index (κ1) is 15.0. The van der Waals surface area contributed by atoms with Crippen molar-refractivity contribution in [2.75, 3.05) is 4.72 Å². The Kier molecular flexibility index (Phi) is 4.23. The summed E-state index contributed by atoms with van der Waals surface area (Å²) in [4.78, 5) is 0. The summed E-state index contributed by atoms with van der Waals surface area (Å²) in [6.45, 7) is 2.19. The molecule has 0 spiro atoms. The Morgan fingerprint density at radius 2 is 2.24 bits per heavy atom. The van der Waals surface area contributed by atoms with Gasteiger partial charge in [0.05, 0.1) is 11.9 Å². The SMILES string of the molecule is CCn1ncc(C#N)c1NS(=O)(=O)Cc1cccc(F)c1. The average Bonchev–Trinajstić information content (AvgIpc) is 2.79. The van der Waals surface area contributed by atoms with Crippen LogP contribution < -0.4 is 4.72 Å². The number of rotatable bonds is 5. The number of nitrogens with zero attached hydrogens (tertiary/aromatic N) is 3. The highest BCUT2D eigenvalue weighted by Crippen LogP contribution is 2.17. The molecule has 0 radical (unpaired) electrons. The Hall–Kier alpha value is -2.40. The summed E-state index contributed by atoms with van der Waals surface area (Å²) in [6.07, 6.45) is 1.30. The standard InChI is InChI=1S/C13H13FN4O2S/c1-2-18-13(11(7-15)8-16-18)17-21(19,20)9-10-4-3-5-12(14)6-10/h3-6,8,17H,2,9H2,1H3. The number of nitrogens with one attached hydrogen (secondary N) is 1. The van der Waals surface area contributed by atoms with Gasteiger partial charge in [-0.2, -0.15) is 10.4 Å². The lowest BCUT2D eigenvalue weighted by molar-refractivity contribution is 0.597. The normalized spacial score (nSPS) is 11.1. The molecule has 0 amide bonds. The summed E-state index contributed by atoms with van der Waals surface area (Å²) in [7, 11) is -3.77. The zero-order valence-electron chi connectivity index (χ0n) is 11.2. The van der Waals surface area contributed by atoms with E-state index < -0.39 is 15.8 Å². The van der Waals surface area contributed by atoms with Gasteiger partial charge in [-0.3, -0.25) is 4.72 Å². The predicted octanol–water partition coefficient (Wildman–Crippen LogP) is 1.86. The van der Waals surface area contributed by atoms with E-state index >= 15 is 0 Å². The highest BCUT2D eigenvalue weighted by molar-refractivity contribution is 7.91. The summed E-state index contributed by atoms with van der Waals surface area (Å²) in [5.74, 6) is -0.764. The molecule has 0 saturated carbocycles. The van der Waals surface area contributed by atoms with E-state index in [-0.39, 0.29) is 17.1 Å². The molecule has 0 aliphatic heterocycles. The van der Waals surface area contributed by atoms with Crippen molar-refractivity contribution in [3.63, 3.8) is 0 Å². The van der Waals surface area contributed by atoms with Crippen LogP contribution in [0.5, 0.6) is 0 Å². The smallest absolute Gasteiger partial charge is 0.238 e. The molecule has 21 heavy (non-hydrogen) atoms. The molecule has 0 unspecified atom stereocenters. The monoisotopic (exact) mass is 308 g/mol. The first-order valence-electron chi connectivity index (χ1n) is 6.16. The van der Waals surface area contributed by atoms with Crippen molar-refractivity contribution in [2.24, 2.45) is 0 Å². The van der Waals surface area contributed by atoms with Crippen LogP contribution in [0.4, 0.5) is 10.2 Å². The third-order valence-electron chi connectivity index (χ3n) is 2.76. The Balaban J connectivity index is 2.26. The van der Waals surface area contributed by atoms with E-state index in [1.165, 1.54) is 29.1 Å². The second-order valence-corrected chi connectivity index (χ2v) is 6.05. The molecule has 6 nitrogen and oxygen atoms in total. The quantitative estimate of drug-likeness (QED) is 0.913. The van der Waals surface area contributed by atoms with Gasteiger partial charge in [0.2, 0.25) is 10.0 Å². The Labute approximate surface area is 121 Å². The van der Waals surface area contributed by atoms with E-state index in [1.54, 1.807) is 6.92 Å². The van der Waals surface area contributed by atoms with Crippen LogP contribution in [0.3, 0.4) is 0 Å². The van der Waals surface area contributed by atoms with Crippen LogP contribution in [0.2, 0.25) is 0 Å². The first-order chi connectivity index (χ1) is 9.95. The van der Waals surface area contributed by atoms with E-state index in [2.05, 4.69) is 9.82 Å². The van der Waals surface area contributed by atoms with Crippen molar-refractivity contribution in [1.82, 2.24) is 9.78 Å². The summed E-state index contributed by atoms with van der Waals surface area (Å²) in [5, 5.41) is 12.9. The largest absolute Gasteiger partial charge is 0.266 e. The number of nitriles is 1. The molecule has 1 aromatic carbocycles. The van der Waals surface area contributed by atoms with Gasteiger partial charge < -0.3 is 0 Å². The lowest BCUT2D eigenvalue weighted by Crippen LogP contribution is -2.18. The lowest BCUT2D eigenvalue weighted by atomic mass is 10.2. The van der Waals surface area contributed by atoms with Crippen LogP contribution in [-0.4, -0.2) is 18.2 Å². The number of aryl methyl sites for hydroxylation is 1. The van der Waals surface area contributed by atoms with Gasteiger partial charge in [0.15, 0.2) is 5.82 Å². The molecule has 0 bridgehead atoms. The molecular weight excluding hydrogens is 295 g/mol. The van der Waals surface area contributed by atoms with Crippen LogP contribution in [0, 0.1) is 17.1 Å². The summed E-state index contributed by atoms with van der Waals surface area (Å²) < 4.78 is 41.1. The molecule has 0 aliphatic rings. The van der Waals surface area contributed by atoms with Gasteiger partial charge in [-0.1, -0.05) is 12.1 Å². The van der Waals surface area contributed by atoms with Crippen LogP contribution in [0.1, 0.15) is 18.1 Å². The number of anilines is 1. The number of hydrogen-bond donors (Lipinski definition) is 1. The highest BCUT2D eigenvalue weighted by atomic mass is 32.2. The fraction of sp³-hybridized carbons (Fsp3) is 0.231. The number of benzene rings is 1. The van der Waals surface area contributed by atoms with Gasteiger partial charge >= 0.3 is 0 Å². The van der Waals surface area contributed by atoms with E-state index in [0.717, 1.165) is 6.07 Å². The molecule has 2 aromatic rings. The minimum Gasteiger partial charge on any atom is -0.266 e. The van der Waals surface area contributed by atoms with Gasteiger partial charge in [-0.25, -0.2) is 17.5 Å². The predicted molar refractivity (Wildman–Crippen MR) is 75.3 cm³/mol. The second-order valence-electron chi connectivity index (χ2n) is 4.33. The number of aromatic nitrogens is 2. The maximum Gasteiger partial charge on any atom is 0.238 e. The molecule has 0 saturated heterocycles.